The molecule has 0 aliphatic rings. The fourth-order valence-electron chi connectivity index (χ4n) is 2.17. The van der Waals surface area contributed by atoms with Crippen LogP contribution in [0, 0.1) is 5.82 Å². The minimum Gasteiger partial charge on any atom is -0.325 e. The first-order valence-electron chi connectivity index (χ1n) is 7.51. The molecule has 0 aliphatic carbocycles. The first-order valence-corrected chi connectivity index (χ1v) is 7.51. The third-order valence-electron chi connectivity index (χ3n) is 3.46. The van der Waals surface area contributed by atoms with E-state index in [9.17, 15) is 14.0 Å². The van der Waals surface area contributed by atoms with Gasteiger partial charge in [0, 0.05) is 18.4 Å². The predicted octanol–water partition coefficient (Wildman–Crippen LogP) is 2.36. The quantitative estimate of drug-likeness (QED) is 0.885. The van der Waals surface area contributed by atoms with Crippen LogP contribution in [0.1, 0.15) is 0 Å². The molecular weight excluding hydrogens is 309 g/mol. The Morgan fingerprint density at radius 2 is 1.58 bits per heavy atom. The van der Waals surface area contributed by atoms with E-state index in [0.29, 0.717) is 5.69 Å². The van der Waals surface area contributed by atoms with Gasteiger partial charge in [-0.05, 0) is 43.4 Å². The number of carbonyl (C=O) groups excluding carboxylic acids is 2. The summed E-state index contributed by atoms with van der Waals surface area (Å²) in [6.07, 6.45) is 0. The Labute approximate surface area is 140 Å². The number of nitrogens with zero attached hydrogens (tertiary/aromatic N) is 2. The van der Waals surface area contributed by atoms with Crippen LogP contribution in [0.4, 0.5) is 15.8 Å². The van der Waals surface area contributed by atoms with Crippen molar-refractivity contribution in [2.24, 2.45) is 0 Å². The highest BCUT2D eigenvalue weighted by Gasteiger charge is 2.15. The third kappa shape index (κ3) is 5.17. The number of hydrogen-bond donors (Lipinski definition) is 1. The van der Waals surface area contributed by atoms with E-state index in [1.54, 1.807) is 23.9 Å². The molecule has 0 bridgehead atoms. The zero-order valence-electron chi connectivity index (χ0n) is 13.7. The van der Waals surface area contributed by atoms with E-state index in [-0.39, 0.29) is 30.7 Å². The normalized spacial score (nSPS) is 10.5. The summed E-state index contributed by atoms with van der Waals surface area (Å²) in [4.78, 5) is 27.4. The van der Waals surface area contributed by atoms with Gasteiger partial charge in [0.25, 0.3) is 0 Å². The zero-order chi connectivity index (χ0) is 17.5. The van der Waals surface area contributed by atoms with Gasteiger partial charge in [-0.15, -0.1) is 0 Å². The van der Waals surface area contributed by atoms with Gasteiger partial charge in [0.05, 0.1) is 13.1 Å². The van der Waals surface area contributed by atoms with Crippen LogP contribution < -0.4 is 10.2 Å². The molecule has 2 aromatic rings. The van der Waals surface area contributed by atoms with Crippen molar-refractivity contribution in [3.63, 3.8) is 0 Å². The number of anilines is 2. The number of hydrogen-bond acceptors (Lipinski definition) is 3. The molecule has 0 heterocycles. The number of halogens is 1. The average Bonchev–Trinajstić information content (AvgIpc) is 2.56. The SMILES string of the molecule is CN(CC(=O)Nc1ccc(F)cc1)CC(=O)N(C)c1ccccc1. The first-order chi connectivity index (χ1) is 11.5. The van der Waals surface area contributed by atoms with Crippen molar-refractivity contribution in [3.05, 3.63) is 60.4 Å². The third-order valence-corrected chi connectivity index (χ3v) is 3.46. The van der Waals surface area contributed by atoms with E-state index in [2.05, 4.69) is 5.32 Å². The van der Waals surface area contributed by atoms with E-state index >= 15 is 0 Å². The van der Waals surface area contributed by atoms with Gasteiger partial charge in [-0.1, -0.05) is 18.2 Å². The molecule has 126 valence electrons. The number of amides is 2. The maximum Gasteiger partial charge on any atom is 0.240 e. The molecule has 0 saturated heterocycles. The predicted molar refractivity (Wildman–Crippen MR) is 92.4 cm³/mol. The molecule has 1 N–H and O–H groups in total. The van der Waals surface area contributed by atoms with Crippen molar-refractivity contribution < 1.29 is 14.0 Å². The summed E-state index contributed by atoms with van der Waals surface area (Å²) in [5, 5.41) is 2.66. The molecule has 0 radical (unpaired) electrons. The Morgan fingerprint density at radius 1 is 0.958 bits per heavy atom. The van der Waals surface area contributed by atoms with Crippen LogP contribution in [0.2, 0.25) is 0 Å². The lowest BCUT2D eigenvalue weighted by Crippen LogP contribution is -2.39. The highest BCUT2D eigenvalue weighted by molar-refractivity contribution is 5.95. The lowest BCUT2D eigenvalue weighted by molar-refractivity contribution is -0.120. The van der Waals surface area contributed by atoms with Gasteiger partial charge in [0.1, 0.15) is 5.82 Å². The van der Waals surface area contributed by atoms with Crippen LogP contribution in [0.3, 0.4) is 0 Å². The second kappa shape index (κ2) is 8.21. The molecule has 0 unspecified atom stereocenters. The minimum atomic E-state index is -0.361. The van der Waals surface area contributed by atoms with Crippen LogP contribution in [0.25, 0.3) is 0 Å². The Balaban J connectivity index is 1.83. The molecule has 0 aromatic heterocycles. The van der Waals surface area contributed by atoms with Gasteiger partial charge >= 0.3 is 0 Å². The summed E-state index contributed by atoms with van der Waals surface area (Å²) < 4.78 is 12.8. The molecule has 5 nitrogen and oxygen atoms in total. The van der Waals surface area contributed by atoms with Crippen LogP contribution in [0.15, 0.2) is 54.6 Å². The van der Waals surface area contributed by atoms with Gasteiger partial charge in [-0.3, -0.25) is 14.5 Å². The largest absolute Gasteiger partial charge is 0.325 e. The van der Waals surface area contributed by atoms with Gasteiger partial charge in [0.15, 0.2) is 0 Å². The second-order valence-electron chi connectivity index (χ2n) is 5.52. The molecule has 6 heteroatoms. The fourth-order valence-corrected chi connectivity index (χ4v) is 2.17. The first kappa shape index (κ1) is 17.6. The molecule has 0 fully saturated rings. The summed E-state index contributed by atoms with van der Waals surface area (Å²) in [6, 6.07) is 14.8. The van der Waals surface area contributed by atoms with Crippen LogP contribution in [-0.2, 0) is 9.59 Å². The smallest absolute Gasteiger partial charge is 0.240 e. The molecule has 2 rings (SSSR count). The van der Waals surface area contributed by atoms with Crippen molar-refractivity contribution in [2.45, 2.75) is 0 Å². The number of nitrogens with one attached hydrogen (secondary N) is 1. The van der Waals surface area contributed by atoms with E-state index in [1.807, 2.05) is 30.3 Å². The molecule has 0 aliphatic heterocycles. The molecule has 2 aromatic carbocycles. The van der Waals surface area contributed by atoms with E-state index in [1.165, 1.54) is 24.3 Å². The Kier molecular flexibility index (Phi) is 6.03. The van der Waals surface area contributed by atoms with Crippen molar-refractivity contribution in [1.82, 2.24) is 4.90 Å². The molecule has 0 atom stereocenters. The van der Waals surface area contributed by atoms with Crippen molar-refractivity contribution in [2.75, 3.05) is 37.4 Å². The molecule has 2 amide bonds. The van der Waals surface area contributed by atoms with Gasteiger partial charge in [0.2, 0.25) is 11.8 Å². The highest BCUT2D eigenvalue weighted by Crippen LogP contribution is 2.11. The van der Waals surface area contributed by atoms with Gasteiger partial charge in [-0.2, -0.15) is 0 Å². The molecule has 24 heavy (non-hydrogen) atoms. The number of carbonyl (C=O) groups is 2. The van der Waals surface area contributed by atoms with Crippen LogP contribution in [-0.4, -0.2) is 43.9 Å². The summed E-state index contributed by atoms with van der Waals surface area (Å²) in [6.45, 7) is 0.175. The molecular formula is C18H20FN3O2. The van der Waals surface area contributed by atoms with Crippen molar-refractivity contribution >= 4 is 23.2 Å². The summed E-state index contributed by atoms with van der Waals surface area (Å²) >= 11 is 0. The Hall–Kier alpha value is -2.73. The van der Waals surface area contributed by atoms with Crippen LogP contribution >= 0.6 is 0 Å². The maximum atomic E-state index is 12.8. The summed E-state index contributed by atoms with van der Waals surface area (Å²) in [5.41, 5.74) is 1.31. The lowest BCUT2D eigenvalue weighted by Gasteiger charge is -2.21. The van der Waals surface area contributed by atoms with Gasteiger partial charge < -0.3 is 10.2 Å². The topological polar surface area (TPSA) is 52.7 Å². The second-order valence-corrected chi connectivity index (χ2v) is 5.52. The summed E-state index contributed by atoms with van der Waals surface area (Å²) in [5.74, 6) is -0.739. The van der Waals surface area contributed by atoms with E-state index < -0.39 is 0 Å². The fraction of sp³-hybridized carbons (Fsp3) is 0.222. The van der Waals surface area contributed by atoms with Gasteiger partial charge in [-0.25, -0.2) is 4.39 Å². The number of rotatable bonds is 6. The molecule has 0 spiro atoms. The highest BCUT2D eigenvalue weighted by atomic mass is 19.1. The average molecular weight is 329 g/mol. The van der Waals surface area contributed by atoms with Crippen LogP contribution in [0.5, 0.6) is 0 Å². The molecule has 0 saturated carbocycles. The standard InChI is InChI=1S/C18H20FN3O2/c1-21(12-17(23)20-15-10-8-14(19)9-11-15)13-18(24)22(2)16-6-4-3-5-7-16/h3-11H,12-13H2,1-2H3,(H,20,23). The minimum absolute atomic E-state index is 0.0613. The Morgan fingerprint density at radius 3 is 2.21 bits per heavy atom. The Bertz CT molecular complexity index is 689. The van der Waals surface area contributed by atoms with Crippen molar-refractivity contribution in [3.8, 4) is 0 Å². The number of likely N-dealkylation sites (N-methyl/N-ethyl adjacent to an activating group) is 2. The lowest BCUT2D eigenvalue weighted by atomic mass is 10.3. The number of para-hydroxylation sites is 1. The van der Waals surface area contributed by atoms with E-state index in [4.69, 9.17) is 0 Å². The van der Waals surface area contributed by atoms with Crippen molar-refractivity contribution in [1.29, 1.82) is 0 Å². The maximum absolute atomic E-state index is 12.8. The zero-order valence-corrected chi connectivity index (χ0v) is 13.7. The number of benzene rings is 2. The monoisotopic (exact) mass is 329 g/mol. The van der Waals surface area contributed by atoms with E-state index in [0.717, 1.165) is 5.69 Å². The summed E-state index contributed by atoms with van der Waals surface area (Å²) in [7, 11) is 3.39.